The van der Waals surface area contributed by atoms with Gasteiger partial charge >= 0.3 is 12.1 Å². The Balaban J connectivity index is 1.82. The van der Waals surface area contributed by atoms with Crippen molar-refractivity contribution in [3.8, 4) is 0 Å². The Morgan fingerprint density at radius 1 is 1.27 bits per heavy atom. The number of primary amides is 1. The minimum absolute atomic E-state index is 0.0419. The van der Waals surface area contributed by atoms with E-state index in [9.17, 15) is 18.4 Å². The first-order valence-corrected chi connectivity index (χ1v) is 8.02. The summed E-state index contributed by atoms with van der Waals surface area (Å²) in [4.78, 5) is 30.7. The lowest BCUT2D eigenvalue weighted by Gasteiger charge is -2.24. The first-order valence-electron chi connectivity index (χ1n) is 8.02. The van der Waals surface area contributed by atoms with E-state index >= 15 is 0 Å². The van der Waals surface area contributed by atoms with Gasteiger partial charge in [-0.15, -0.1) is 0 Å². The fraction of sp³-hybridized carbons (Fsp3) is 0.467. The Labute approximate surface area is 149 Å². The highest BCUT2D eigenvalue weighted by molar-refractivity contribution is 6.09. The summed E-state index contributed by atoms with van der Waals surface area (Å²) in [6.07, 6.45) is -1.10. The highest BCUT2D eigenvalue weighted by atomic mass is 19.1. The van der Waals surface area contributed by atoms with E-state index in [0.29, 0.717) is 0 Å². The maximum Gasteiger partial charge on any atom is 0.414 e. The quantitative estimate of drug-likeness (QED) is 0.807. The summed E-state index contributed by atoms with van der Waals surface area (Å²) >= 11 is 0. The molecule has 3 rings (SSSR count). The number of amides is 3. The van der Waals surface area contributed by atoms with Gasteiger partial charge < -0.3 is 15.4 Å². The molecule has 2 fully saturated rings. The molecule has 0 aliphatic carbocycles. The second-order valence-corrected chi connectivity index (χ2v) is 5.87. The van der Waals surface area contributed by atoms with E-state index in [-0.39, 0.29) is 50.5 Å². The Morgan fingerprint density at radius 2 is 1.96 bits per heavy atom. The number of halogens is 2. The highest BCUT2D eigenvalue weighted by Gasteiger charge is 2.32. The molecule has 2 N–H and O–H groups in total. The third kappa shape index (κ3) is 3.52. The fourth-order valence-electron chi connectivity index (χ4n) is 2.91. The monoisotopic (exact) mass is 366 g/mol. The van der Waals surface area contributed by atoms with Crippen LogP contribution < -0.4 is 15.5 Å². The minimum atomic E-state index is -0.837. The number of benzene rings is 1. The van der Waals surface area contributed by atoms with Crippen molar-refractivity contribution in [3.05, 3.63) is 23.8 Å². The summed E-state index contributed by atoms with van der Waals surface area (Å²) in [6, 6.07) is 1.36. The molecular formula is C15H17BF2N4O4. The number of urea groups is 1. The first kappa shape index (κ1) is 18.2. The molecule has 0 spiro atoms. The molecule has 11 heteroatoms. The summed E-state index contributed by atoms with van der Waals surface area (Å²) in [6.45, 7) is 0.528. The van der Waals surface area contributed by atoms with Crippen LogP contribution >= 0.6 is 0 Å². The van der Waals surface area contributed by atoms with E-state index in [1.54, 1.807) is 0 Å². The molecule has 2 saturated heterocycles. The van der Waals surface area contributed by atoms with Gasteiger partial charge in [0.2, 0.25) is 0 Å². The first-order chi connectivity index (χ1) is 12.4. The average Bonchev–Trinajstić information content (AvgIpc) is 2.80. The third-order valence-corrected chi connectivity index (χ3v) is 4.19. The zero-order valence-corrected chi connectivity index (χ0v) is 13.9. The van der Waals surface area contributed by atoms with E-state index in [0.717, 1.165) is 22.1 Å². The van der Waals surface area contributed by atoms with E-state index in [4.69, 9.17) is 23.2 Å². The van der Waals surface area contributed by atoms with Gasteiger partial charge in [-0.3, -0.25) is 9.74 Å². The SMILES string of the molecule is [B]C[C@H]1CN(c2cc(F)c(N3CCON(C(N)=O)CC3)c(F)c2)C(=O)O1. The summed E-state index contributed by atoms with van der Waals surface area (Å²) in [5.41, 5.74) is 4.94. The highest BCUT2D eigenvalue weighted by Crippen LogP contribution is 2.31. The summed E-state index contributed by atoms with van der Waals surface area (Å²) in [5.74, 6) is -1.67. The van der Waals surface area contributed by atoms with Crippen LogP contribution in [0.1, 0.15) is 0 Å². The van der Waals surface area contributed by atoms with E-state index in [1.807, 2.05) is 0 Å². The predicted molar refractivity (Wildman–Crippen MR) is 89.0 cm³/mol. The number of carbonyl (C=O) groups is 2. The Bertz CT molecular complexity index is 700. The molecule has 138 valence electrons. The van der Waals surface area contributed by atoms with Gasteiger partial charge in [0, 0.05) is 25.2 Å². The van der Waals surface area contributed by atoms with Crippen molar-refractivity contribution in [2.45, 2.75) is 12.4 Å². The topological polar surface area (TPSA) is 88.3 Å². The van der Waals surface area contributed by atoms with Gasteiger partial charge in [0.15, 0.2) is 11.6 Å². The van der Waals surface area contributed by atoms with Crippen LogP contribution in [-0.2, 0) is 9.57 Å². The van der Waals surface area contributed by atoms with Crippen LogP contribution in [0.5, 0.6) is 0 Å². The van der Waals surface area contributed by atoms with Crippen molar-refractivity contribution < 1.29 is 27.9 Å². The summed E-state index contributed by atoms with van der Waals surface area (Å²) in [5, 5.41) is 0.942. The number of nitrogens with zero attached hydrogens (tertiary/aromatic N) is 3. The molecule has 8 nitrogen and oxygen atoms in total. The lowest BCUT2D eigenvalue weighted by molar-refractivity contribution is -0.102. The summed E-state index contributed by atoms with van der Waals surface area (Å²) in [7, 11) is 5.46. The standard InChI is InChI=1S/C15H17BF2N4O4/c16-7-10-8-21(15(24)26-10)9-5-11(17)13(12(18)6-9)20-1-2-22(14(19)23)25-4-3-20/h5-6,10H,1-4,7-8H2,(H2,19,23)/t10-/m0/s1. The van der Waals surface area contributed by atoms with Crippen molar-refractivity contribution in [3.63, 3.8) is 0 Å². The zero-order valence-electron chi connectivity index (χ0n) is 13.9. The number of hydroxylamine groups is 2. The maximum absolute atomic E-state index is 14.6. The molecule has 2 radical (unpaired) electrons. The van der Waals surface area contributed by atoms with Gasteiger partial charge in [-0.2, -0.15) is 0 Å². The second kappa shape index (κ2) is 7.36. The van der Waals surface area contributed by atoms with Gasteiger partial charge in [-0.05, 0) is 0 Å². The molecule has 3 amide bonds. The van der Waals surface area contributed by atoms with Crippen molar-refractivity contribution in [2.75, 3.05) is 42.6 Å². The van der Waals surface area contributed by atoms with E-state index < -0.39 is 29.9 Å². The van der Waals surface area contributed by atoms with Crippen molar-refractivity contribution in [1.29, 1.82) is 0 Å². The van der Waals surface area contributed by atoms with Crippen LogP contribution in [0.3, 0.4) is 0 Å². The van der Waals surface area contributed by atoms with Crippen LogP contribution in [0.15, 0.2) is 12.1 Å². The summed E-state index contributed by atoms with van der Waals surface area (Å²) < 4.78 is 34.2. The zero-order chi connectivity index (χ0) is 18.8. The molecule has 1 atom stereocenters. The average molecular weight is 366 g/mol. The molecule has 1 aromatic rings. The number of anilines is 2. The van der Waals surface area contributed by atoms with Crippen molar-refractivity contribution in [1.82, 2.24) is 5.06 Å². The molecule has 1 aromatic carbocycles. The van der Waals surface area contributed by atoms with Crippen molar-refractivity contribution >= 4 is 31.3 Å². The molecule has 2 aliphatic rings. The molecule has 2 aliphatic heterocycles. The normalized spacial score (nSPS) is 20.9. The molecule has 0 bridgehead atoms. The third-order valence-electron chi connectivity index (χ3n) is 4.19. The largest absolute Gasteiger partial charge is 0.445 e. The molecule has 2 heterocycles. The Kier molecular flexibility index (Phi) is 5.17. The van der Waals surface area contributed by atoms with Crippen molar-refractivity contribution in [2.24, 2.45) is 5.73 Å². The number of nitrogens with two attached hydrogens (primary N) is 1. The van der Waals surface area contributed by atoms with Gasteiger partial charge in [-0.1, -0.05) is 6.32 Å². The predicted octanol–water partition coefficient (Wildman–Crippen LogP) is 1.01. The molecular weight excluding hydrogens is 349 g/mol. The van der Waals surface area contributed by atoms with Gasteiger partial charge in [0.05, 0.1) is 33.2 Å². The van der Waals surface area contributed by atoms with E-state index in [1.165, 1.54) is 4.90 Å². The van der Waals surface area contributed by atoms with Gasteiger partial charge in [-0.25, -0.2) is 23.4 Å². The smallest absolute Gasteiger partial charge is 0.414 e. The second-order valence-electron chi connectivity index (χ2n) is 5.87. The number of hydrogen-bond donors (Lipinski definition) is 1. The molecule has 26 heavy (non-hydrogen) atoms. The number of cyclic esters (lactones) is 1. The number of hydrogen-bond acceptors (Lipinski definition) is 5. The number of rotatable bonds is 3. The van der Waals surface area contributed by atoms with Gasteiger partial charge in [0.25, 0.3) is 0 Å². The maximum atomic E-state index is 14.6. The number of carbonyl (C=O) groups excluding carboxylic acids is 2. The van der Waals surface area contributed by atoms with Crippen LogP contribution in [0, 0.1) is 11.6 Å². The Morgan fingerprint density at radius 3 is 2.54 bits per heavy atom. The van der Waals surface area contributed by atoms with Crippen LogP contribution in [-0.4, -0.2) is 63.9 Å². The minimum Gasteiger partial charge on any atom is -0.445 e. The van der Waals surface area contributed by atoms with Crippen LogP contribution in [0.2, 0.25) is 6.32 Å². The molecule has 0 saturated carbocycles. The van der Waals surface area contributed by atoms with Crippen LogP contribution in [0.4, 0.5) is 29.7 Å². The molecule has 0 unspecified atom stereocenters. The molecule has 0 aromatic heterocycles. The lowest BCUT2D eigenvalue weighted by Crippen LogP contribution is -2.38. The Hall–Kier alpha value is -2.56. The van der Waals surface area contributed by atoms with Crippen LogP contribution in [0.25, 0.3) is 0 Å². The number of ether oxygens (including phenoxy) is 1. The van der Waals surface area contributed by atoms with E-state index in [2.05, 4.69) is 0 Å². The van der Waals surface area contributed by atoms with Gasteiger partial charge in [0.1, 0.15) is 11.8 Å². The lowest BCUT2D eigenvalue weighted by atomic mass is 9.99. The fourth-order valence-corrected chi connectivity index (χ4v) is 2.91.